The zero-order chi connectivity index (χ0) is 17.7. The van der Waals surface area contributed by atoms with E-state index < -0.39 is 12.6 Å². The van der Waals surface area contributed by atoms with Crippen molar-refractivity contribution in [2.45, 2.75) is 6.61 Å². The molecule has 2 rings (SSSR count). The van der Waals surface area contributed by atoms with Crippen LogP contribution in [0, 0.1) is 0 Å². The Morgan fingerprint density at radius 3 is 2.21 bits per heavy atom. The minimum atomic E-state index is -3.01. The number of alkyl halides is 2. The SMILES string of the molecule is COc1ccc(NC(=O)Nc2ccc(Cl)c(Cl)c2)cc1OC(F)F. The van der Waals surface area contributed by atoms with Gasteiger partial charge in [-0.2, -0.15) is 8.78 Å². The number of amides is 2. The van der Waals surface area contributed by atoms with Gasteiger partial charge >= 0.3 is 12.6 Å². The minimum absolute atomic E-state index is 0.116. The minimum Gasteiger partial charge on any atom is -0.493 e. The number of hydrogen-bond donors (Lipinski definition) is 2. The molecule has 0 heterocycles. The second kappa shape index (κ2) is 8.03. The number of carbonyl (C=O) groups excluding carboxylic acids is 1. The summed E-state index contributed by atoms with van der Waals surface area (Å²) >= 11 is 11.6. The Bertz CT molecular complexity index is 745. The van der Waals surface area contributed by atoms with Crippen molar-refractivity contribution in [1.29, 1.82) is 0 Å². The van der Waals surface area contributed by atoms with E-state index >= 15 is 0 Å². The Labute approximate surface area is 146 Å². The third-order valence-electron chi connectivity index (χ3n) is 2.82. The van der Waals surface area contributed by atoms with Crippen LogP contribution in [0.4, 0.5) is 25.0 Å². The fourth-order valence-corrected chi connectivity index (χ4v) is 2.11. The van der Waals surface area contributed by atoms with Crippen molar-refractivity contribution in [3.8, 4) is 11.5 Å². The maximum Gasteiger partial charge on any atom is 0.387 e. The summed E-state index contributed by atoms with van der Waals surface area (Å²) in [5.74, 6) is -0.0782. The van der Waals surface area contributed by atoms with Crippen LogP contribution in [-0.2, 0) is 0 Å². The fraction of sp³-hybridized carbons (Fsp3) is 0.133. The van der Waals surface area contributed by atoms with Crippen LogP contribution < -0.4 is 20.1 Å². The van der Waals surface area contributed by atoms with Gasteiger partial charge in [0.25, 0.3) is 0 Å². The molecular weight excluding hydrogens is 365 g/mol. The van der Waals surface area contributed by atoms with E-state index in [0.717, 1.165) is 0 Å². The van der Waals surface area contributed by atoms with Crippen LogP contribution in [0.1, 0.15) is 0 Å². The lowest BCUT2D eigenvalue weighted by Gasteiger charge is -2.13. The summed E-state index contributed by atoms with van der Waals surface area (Å²) in [5.41, 5.74) is 0.656. The largest absolute Gasteiger partial charge is 0.493 e. The third-order valence-corrected chi connectivity index (χ3v) is 3.55. The smallest absolute Gasteiger partial charge is 0.387 e. The Balaban J connectivity index is 2.09. The molecule has 9 heteroatoms. The number of ether oxygens (including phenoxy) is 2. The highest BCUT2D eigenvalue weighted by atomic mass is 35.5. The molecule has 0 saturated heterocycles. The van der Waals surface area contributed by atoms with Crippen molar-refractivity contribution in [1.82, 2.24) is 0 Å². The molecule has 5 nitrogen and oxygen atoms in total. The van der Waals surface area contributed by atoms with E-state index in [0.29, 0.717) is 10.7 Å². The molecule has 0 aliphatic carbocycles. The lowest BCUT2D eigenvalue weighted by Crippen LogP contribution is -2.19. The van der Waals surface area contributed by atoms with E-state index in [4.69, 9.17) is 27.9 Å². The number of halogens is 4. The summed E-state index contributed by atoms with van der Waals surface area (Å²) in [4.78, 5) is 11.9. The van der Waals surface area contributed by atoms with Crippen molar-refractivity contribution in [2.24, 2.45) is 0 Å². The zero-order valence-electron chi connectivity index (χ0n) is 12.3. The number of rotatable bonds is 5. The molecule has 2 amide bonds. The van der Waals surface area contributed by atoms with Crippen molar-refractivity contribution in [3.05, 3.63) is 46.4 Å². The lowest BCUT2D eigenvalue weighted by molar-refractivity contribution is -0.0511. The molecule has 0 saturated carbocycles. The predicted octanol–water partition coefficient (Wildman–Crippen LogP) is 5.25. The monoisotopic (exact) mass is 376 g/mol. The molecule has 0 fully saturated rings. The Morgan fingerprint density at radius 1 is 1.00 bits per heavy atom. The Morgan fingerprint density at radius 2 is 1.62 bits per heavy atom. The van der Waals surface area contributed by atoms with Gasteiger partial charge in [-0.05, 0) is 30.3 Å². The van der Waals surface area contributed by atoms with E-state index in [9.17, 15) is 13.6 Å². The fourth-order valence-electron chi connectivity index (χ4n) is 1.81. The second-order valence-corrected chi connectivity index (χ2v) is 5.27. The van der Waals surface area contributed by atoms with Crippen molar-refractivity contribution in [3.63, 3.8) is 0 Å². The van der Waals surface area contributed by atoms with Gasteiger partial charge in [-0.3, -0.25) is 0 Å². The lowest BCUT2D eigenvalue weighted by atomic mass is 10.2. The molecule has 2 aromatic carbocycles. The molecule has 2 N–H and O–H groups in total. The van der Waals surface area contributed by atoms with E-state index in [1.807, 2.05) is 0 Å². The zero-order valence-corrected chi connectivity index (χ0v) is 13.8. The van der Waals surface area contributed by atoms with Gasteiger partial charge in [0.15, 0.2) is 11.5 Å². The number of urea groups is 1. The van der Waals surface area contributed by atoms with E-state index in [2.05, 4.69) is 15.4 Å². The highest BCUT2D eigenvalue weighted by Gasteiger charge is 2.12. The summed E-state index contributed by atoms with van der Waals surface area (Å²) in [5, 5.41) is 5.65. The van der Waals surface area contributed by atoms with Gasteiger partial charge < -0.3 is 20.1 Å². The maximum atomic E-state index is 12.4. The van der Waals surface area contributed by atoms with Crippen molar-refractivity contribution in [2.75, 3.05) is 17.7 Å². The molecule has 0 radical (unpaired) electrons. The number of anilines is 2. The Hall–Kier alpha value is -2.25. The normalized spacial score (nSPS) is 10.4. The van der Waals surface area contributed by atoms with Gasteiger partial charge in [-0.15, -0.1) is 0 Å². The maximum absolute atomic E-state index is 12.4. The number of methoxy groups -OCH3 is 1. The molecule has 128 valence electrons. The Kier molecular flexibility index (Phi) is 6.05. The van der Waals surface area contributed by atoms with Crippen molar-refractivity contribution < 1.29 is 23.0 Å². The third kappa shape index (κ3) is 4.87. The molecular formula is C15H12Cl2F2N2O3. The average Bonchev–Trinajstić information content (AvgIpc) is 2.50. The van der Waals surface area contributed by atoms with E-state index in [-0.39, 0.29) is 22.2 Å². The summed E-state index contributed by atoms with van der Waals surface area (Å²) in [7, 11) is 1.32. The first kappa shape index (κ1) is 18.1. The molecule has 0 aliphatic heterocycles. The number of nitrogens with one attached hydrogen (secondary N) is 2. The van der Waals surface area contributed by atoms with Gasteiger partial charge in [0, 0.05) is 17.4 Å². The average molecular weight is 377 g/mol. The quantitative estimate of drug-likeness (QED) is 0.749. The second-order valence-electron chi connectivity index (χ2n) is 4.45. The molecule has 24 heavy (non-hydrogen) atoms. The number of hydrogen-bond acceptors (Lipinski definition) is 3. The highest BCUT2D eigenvalue weighted by molar-refractivity contribution is 6.42. The standard InChI is InChI=1S/C15H12Cl2F2N2O3/c1-23-12-5-3-9(7-13(12)24-14(18)19)21-15(22)20-8-2-4-10(16)11(17)6-8/h2-7,14H,1H3,(H2,20,21,22). The molecule has 0 unspecified atom stereocenters. The summed E-state index contributed by atoms with van der Waals surface area (Å²) in [6, 6.07) is 8.07. The van der Waals surface area contributed by atoms with Crippen LogP contribution in [0.15, 0.2) is 36.4 Å². The highest BCUT2D eigenvalue weighted by Crippen LogP contribution is 2.31. The van der Waals surface area contributed by atoms with Crippen LogP contribution in [0.5, 0.6) is 11.5 Å². The van der Waals surface area contributed by atoms with Crippen molar-refractivity contribution >= 4 is 40.6 Å². The molecule has 0 aromatic heterocycles. The van der Waals surface area contributed by atoms with Crippen LogP contribution in [-0.4, -0.2) is 19.8 Å². The first-order valence-corrected chi connectivity index (χ1v) is 7.30. The summed E-state index contributed by atoms with van der Waals surface area (Å²) < 4.78 is 34.0. The van der Waals surface area contributed by atoms with E-state index in [1.165, 1.54) is 37.4 Å². The first-order valence-electron chi connectivity index (χ1n) is 6.55. The summed E-state index contributed by atoms with van der Waals surface area (Å²) in [6.07, 6.45) is 0. The van der Waals surface area contributed by atoms with Crippen LogP contribution >= 0.6 is 23.2 Å². The van der Waals surface area contributed by atoms with Gasteiger partial charge in [0.05, 0.1) is 17.2 Å². The van der Waals surface area contributed by atoms with Crippen LogP contribution in [0.2, 0.25) is 10.0 Å². The number of carbonyl (C=O) groups is 1. The van der Waals surface area contributed by atoms with Gasteiger partial charge in [-0.1, -0.05) is 23.2 Å². The topological polar surface area (TPSA) is 59.6 Å². The molecule has 0 bridgehead atoms. The predicted molar refractivity (Wildman–Crippen MR) is 88.7 cm³/mol. The molecule has 2 aromatic rings. The van der Waals surface area contributed by atoms with Gasteiger partial charge in [0.2, 0.25) is 0 Å². The van der Waals surface area contributed by atoms with E-state index in [1.54, 1.807) is 6.07 Å². The first-order chi connectivity index (χ1) is 11.4. The van der Waals surface area contributed by atoms with Gasteiger partial charge in [-0.25, -0.2) is 4.79 Å². The number of benzene rings is 2. The van der Waals surface area contributed by atoms with Crippen LogP contribution in [0.3, 0.4) is 0 Å². The van der Waals surface area contributed by atoms with Crippen LogP contribution in [0.25, 0.3) is 0 Å². The molecule has 0 spiro atoms. The summed E-state index contributed by atoms with van der Waals surface area (Å²) in [6.45, 7) is -3.01. The molecule has 0 atom stereocenters. The molecule has 0 aliphatic rings. The van der Waals surface area contributed by atoms with Gasteiger partial charge in [0.1, 0.15) is 0 Å².